The average Bonchev–Trinajstić information content (AvgIpc) is 3.35. The minimum Gasteiger partial charge on any atom is -0.356 e. The highest BCUT2D eigenvalue weighted by Crippen LogP contribution is 2.32. The molecule has 1 saturated heterocycles. The topological polar surface area (TPSA) is 163 Å². The zero-order valence-electron chi connectivity index (χ0n) is 24.7. The molecular formula is C30H47N5O6. The van der Waals surface area contributed by atoms with Crippen LogP contribution in [0.1, 0.15) is 97.8 Å². The number of Topliss-reactive ketones (excluding diaryl/α,β-unsaturated/α-hetero) is 1. The summed E-state index contributed by atoms with van der Waals surface area (Å²) in [5.74, 6) is -3.17. The molecule has 0 aromatic rings. The molecule has 228 valence electrons. The molecule has 4 aliphatic rings. The summed E-state index contributed by atoms with van der Waals surface area (Å²) >= 11 is 0. The summed E-state index contributed by atoms with van der Waals surface area (Å²) in [7, 11) is 0. The van der Waals surface area contributed by atoms with E-state index in [9.17, 15) is 28.8 Å². The van der Waals surface area contributed by atoms with Crippen LogP contribution in [0.3, 0.4) is 0 Å². The number of rotatable bonds is 13. The van der Waals surface area contributed by atoms with Crippen LogP contribution in [0.2, 0.25) is 0 Å². The van der Waals surface area contributed by atoms with Gasteiger partial charge >= 0.3 is 0 Å². The minimum atomic E-state index is -1.18. The molecule has 1 heterocycles. The molecule has 4 fully saturated rings. The maximum absolute atomic E-state index is 13.7. The zero-order valence-corrected chi connectivity index (χ0v) is 24.7. The van der Waals surface area contributed by atoms with Crippen LogP contribution in [0.15, 0.2) is 0 Å². The average molecular weight is 574 g/mol. The van der Waals surface area contributed by atoms with Crippen LogP contribution in [-0.4, -0.2) is 66.0 Å². The highest BCUT2D eigenvalue weighted by atomic mass is 16.2. The van der Waals surface area contributed by atoms with Gasteiger partial charge in [-0.2, -0.15) is 0 Å². The molecule has 4 rings (SSSR count). The quantitative estimate of drug-likeness (QED) is 0.208. The number of ketones is 1. The highest BCUT2D eigenvalue weighted by molar-refractivity contribution is 6.38. The molecule has 41 heavy (non-hydrogen) atoms. The summed E-state index contributed by atoms with van der Waals surface area (Å²) in [6.45, 7) is 5.86. The summed E-state index contributed by atoms with van der Waals surface area (Å²) in [6, 6.07) is -2.89. The number of hydrogen-bond donors (Lipinski definition) is 5. The largest absolute Gasteiger partial charge is 0.356 e. The molecule has 3 saturated carbocycles. The van der Waals surface area contributed by atoms with Crippen molar-refractivity contribution in [3.05, 3.63) is 0 Å². The number of amides is 5. The summed E-state index contributed by atoms with van der Waals surface area (Å²) in [4.78, 5) is 78.4. The van der Waals surface area contributed by atoms with Crippen molar-refractivity contribution in [1.82, 2.24) is 26.6 Å². The van der Waals surface area contributed by atoms with E-state index in [-0.39, 0.29) is 36.1 Å². The third-order valence-electron chi connectivity index (χ3n) is 9.00. The summed E-state index contributed by atoms with van der Waals surface area (Å²) < 4.78 is 0. The second kappa shape index (κ2) is 13.3. The van der Waals surface area contributed by atoms with E-state index in [0.717, 1.165) is 57.8 Å². The van der Waals surface area contributed by atoms with Gasteiger partial charge in [0, 0.05) is 23.9 Å². The second-order valence-corrected chi connectivity index (χ2v) is 13.5. The molecule has 5 amide bonds. The summed E-state index contributed by atoms with van der Waals surface area (Å²) in [6.07, 6.45) is 9.10. The van der Waals surface area contributed by atoms with Crippen molar-refractivity contribution in [1.29, 1.82) is 0 Å². The van der Waals surface area contributed by atoms with E-state index in [4.69, 9.17) is 0 Å². The lowest BCUT2D eigenvalue weighted by molar-refractivity contribution is -0.141. The minimum absolute atomic E-state index is 0.0185. The van der Waals surface area contributed by atoms with Gasteiger partial charge < -0.3 is 26.6 Å². The van der Waals surface area contributed by atoms with Crippen molar-refractivity contribution in [2.45, 2.75) is 122 Å². The van der Waals surface area contributed by atoms with Crippen LogP contribution in [0.4, 0.5) is 0 Å². The van der Waals surface area contributed by atoms with E-state index in [1.807, 2.05) is 0 Å². The van der Waals surface area contributed by atoms with Crippen molar-refractivity contribution in [3.63, 3.8) is 0 Å². The third-order valence-corrected chi connectivity index (χ3v) is 9.00. The molecule has 0 bridgehead atoms. The fourth-order valence-corrected chi connectivity index (χ4v) is 5.90. The third kappa shape index (κ3) is 8.52. The Morgan fingerprint density at radius 3 is 2.00 bits per heavy atom. The summed E-state index contributed by atoms with van der Waals surface area (Å²) in [5.41, 5.74) is -0.680. The van der Waals surface area contributed by atoms with Crippen LogP contribution in [0, 0.1) is 23.2 Å². The van der Waals surface area contributed by atoms with Crippen LogP contribution >= 0.6 is 0 Å². The Morgan fingerprint density at radius 2 is 1.46 bits per heavy atom. The number of hydrogen-bond acceptors (Lipinski definition) is 6. The Labute approximate surface area is 242 Å². The molecule has 0 unspecified atom stereocenters. The van der Waals surface area contributed by atoms with Gasteiger partial charge in [-0.15, -0.1) is 0 Å². The van der Waals surface area contributed by atoms with Crippen LogP contribution in [-0.2, 0) is 28.8 Å². The van der Waals surface area contributed by atoms with Gasteiger partial charge in [0.05, 0.1) is 6.04 Å². The van der Waals surface area contributed by atoms with Crippen LogP contribution < -0.4 is 26.6 Å². The number of carbonyl (C=O) groups excluding carboxylic acids is 6. The normalized spacial score (nSPS) is 23.5. The van der Waals surface area contributed by atoms with E-state index < -0.39 is 53.0 Å². The highest BCUT2D eigenvalue weighted by Gasteiger charge is 2.40. The van der Waals surface area contributed by atoms with Gasteiger partial charge in [0.15, 0.2) is 0 Å². The van der Waals surface area contributed by atoms with Gasteiger partial charge in [-0.25, -0.2) is 0 Å². The lowest BCUT2D eigenvalue weighted by Gasteiger charge is -2.33. The smallest absolute Gasteiger partial charge is 0.289 e. The van der Waals surface area contributed by atoms with Crippen molar-refractivity contribution in [3.8, 4) is 0 Å². The summed E-state index contributed by atoms with van der Waals surface area (Å²) in [5, 5.41) is 14.0. The van der Waals surface area contributed by atoms with E-state index in [2.05, 4.69) is 26.6 Å². The Hall–Kier alpha value is -2.98. The van der Waals surface area contributed by atoms with Crippen LogP contribution in [0.25, 0.3) is 0 Å². The molecule has 0 aromatic heterocycles. The molecule has 0 radical (unpaired) electrons. The Morgan fingerprint density at radius 1 is 0.805 bits per heavy atom. The van der Waals surface area contributed by atoms with Gasteiger partial charge in [0.1, 0.15) is 12.1 Å². The first kappa shape index (κ1) is 31.0. The molecule has 5 N–H and O–H groups in total. The molecule has 11 heteroatoms. The lowest BCUT2D eigenvalue weighted by Crippen LogP contribution is -2.59. The first-order valence-corrected chi connectivity index (χ1v) is 15.5. The van der Waals surface area contributed by atoms with Gasteiger partial charge in [0.25, 0.3) is 5.91 Å². The molecule has 11 nitrogen and oxygen atoms in total. The maximum atomic E-state index is 13.7. The first-order valence-electron chi connectivity index (χ1n) is 15.5. The fourth-order valence-electron chi connectivity index (χ4n) is 5.90. The molecule has 0 spiro atoms. The Balaban J connectivity index is 1.49. The molecule has 4 atom stereocenters. The van der Waals surface area contributed by atoms with Crippen molar-refractivity contribution < 1.29 is 28.8 Å². The van der Waals surface area contributed by atoms with E-state index in [1.54, 1.807) is 20.8 Å². The molecule has 3 aliphatic carbocycles. The van der Waals surface area contributed by atoms with E-state index >= 15 is 0 Å². The second-order valence-electron chi connectivity index (χ2n) is 13.5. The lowest BCUT2D eigenvalue weighted by atomic mass is 9.80. The van der Waals surface area contributed by atoms with Crippen molar-refractivity contribution in [2.24, 2.45) is 23.2 Å². The number of nitrogens with one attached hydrogen (secondary N) is 5. The Kier molecular flexibility index (Phi) is 10.1. The fraction of sp³-hybridized carbons (Fsp3) is 0.800. The predicted molar refractivity (Wildman–Crippen MR) is 151 cm³/mol. The van der Waals surface area contributed by atoms with Gasteiger partial charge in [-0.05, 0) is 56.8 Å². The van der Waals surface area contributed by atoms with E-state index in [0.29, 0.717) is 19.4 Å². The van der Waals surface area contributed by atoms with Crippen LogP contribution in [0.5, 0.6) is 0 Å². The number of carbonyl (C=O) groups is 6. The van der Waals surface area contributed by atoms with Gasteiger partial charge in [0.2, 0.25) is 29.4 Å². The monoisotopic (exact) mass is 573 g/mol. The standard InChI is InChI=1S/C30H47N5O6/c1-30(2,3)29(41)35-23(18-9-4-5-10-18)27(39)34-22(15-17-7-6-8-17)26(38)33-21(16-19-13-14-31-25(19)37)24(36)28(40)32-20-11-12-20/h17-23H,4-16H2,1-3H3,(H,31,37)(H,32,40)(H,33,38)(H,34,39)(H,35,41)/t19-,21-,22-,23+/m0/s1. The first-order chi connectivity index (χ1) is 19.4. The zero-order chi connectivity index (χ0) is 29.7. The predicted octanol–water partition coefficient (Wildman–Crippen LogP) is 1.24. The van der Waals surface area contributed by atoms with Gasteiger partial charge in [-0.1, -0.05) is 52.9 Å². The van der Waals surface area contributed by atoms with Crippen molar-refractivity contribution in [2.75, 3.05) is 6.54 Å². The molecule has 0 aromatic carbocycles. The van der Waals surface area contributed by atoms with Crippen molar-refractivity contribution >= 4 is 35.3 Å². The molecular weight excluding hydrogens is 526 g/mol. The van der Waals surface area contributed by atoms with E-state index in [1.165, 1.54) is 0 Å². The Bertz CT molecular complexity index is 1020. The van der Waals surface area contributed by atoms with Gasteiger partial charge in [-0.3, -0.25) is 28.8 Å². The maximum Gasteiger partial charge on any atom is 0.289 e. The SMILES string of the molecule is CC(C)(C)C(=O)N[C@@H](C(=O)N[C@@H](CC1CCC1)C(=O)N[C@@H](C[C@@H]1CCNC1=O)C(=O)C(=O)NC1CC1)C1CCCC1. The molecule has 1 aliphatic heterocycles.